The number of carbonyl (C=O) groups is 1. The molecule has 0 aromatic carbocycles. The Balaban J connectivity index is 1.69. The SMILES string of the molecule is C[C@@H](N)[C@H]1CC[C@H](C(=O)Nc2cc[n+]([O-])c3[nH]ccc23)CC1. The van der Waals surface area contributed by atoms with Crippen LogP contribution in [-0.4, -0.2) is 16.9 Å². The standard InChI is InChI=1S/C16H22N4O2/c1-10(17)11-2-4-12(5-3-11)16(21)19-14-7-9-20(22)15-13(14)6-8-18-15/h6-12,18H,2-5,17H2,1H3,(H,19,21)/t10-,11-,12-/m1/s1. The third-order valence-corrected chi connectivity index (χ3v) is 4.76. The molecule has 1 fully saturated rings. The summed E-state index contributed by atoms with van der Waals surface area (Å²) in [4.78, 5) is 15.3. The lowest BCUT2D eigenvalue weighted by Crippen LogP contribution is -2.34. The van der Waals surface area contributed by atoms with Gasteiger partial charge in [0.05, 0.1) is 23.5 Å². The molecule has 1 amide bonds. The molecule has 22 heavy (non-hydrogen) atoms. The van der Waals surface area contributed by atoms with Crippen LogP contribution in [0.25, 0.3) is 11.0 Å². The first kappa shape index (κ1) is 14.8. The predicted octanol–water partition coefficient (Wildman–Crippen LogP) is 1.89. The zero-order chi connectivity index (χ0) is 15.7. The molecule has 2 aromatic rings. The van der Waals surface area contributed by atoms with E-state index in [1.165, 1.54) is 6.20 Å². The number of nitrogens with one attached hydrogen (secondary N) is 2. The summed E-state index contributed by atoms with van der Waals surface area (Å²) >= 11 is 0. The van der Waals surface area contributed by atoms with E-state index >= 15 is 0 Å². The number of aromatic nitrogens is 2. The first-order chi connectivity index (χ1) is 10.6. The summed E-state index contributed by atoms with van der Waals surface area (Å²) in [6.45, 7) is 2.04. The van der Waals surface area contributed by atoms with Gasteiger partial charge in [-0.2, -0.15) is 0 Å². The van der Waals surface area contributed by atoms with Crippen LogP contribution in [0.1, 0.15) is 32.6 Å². The molecule has 6 heteroatoms. The third-order valence-electron chi connectivity index (χ3n) is 4.76. The Morgan fingerprint density at radius 3 is 2.82 bits per heavy atom. The van der Waals surface area contributed by atoms with E-state index in [2.05, 4.69) is 10.3 Å². The van der Waals surface area contributed by atoms with Crippen molar-refractivity contribution in [1.82, 2.24) is 4.98 Å². The molecule has 2 aromatic heterocycles. The van der Waals surface area contributed by atoms with E-state index in [1.807, 2.05) is 6.92 Å². The molecule has 0 spiro atoms. The summed E-state index contributed by atoms with van der Waals surface area (Å²) < 4.78 is 0.763. The number of nitrogens with zero attached hydrogens (tertiary/aromatic N) is 1. The summed E-state index contributed by atoms with van der Waals surface area (Å²) in [6.07, 6.45) is 6.87. The van der Waals surface area contributed by atoms with Gasteiger partial charge in [0, 0.05) is 18.0 Å². The van der Waals surface area contributed by atoms with Crippen LogP contribution in [0.4, 0.5) is 5.69 Å². The van der Waals surface area contributed by atoms with Crippen molar-refractivity contribution in [1.29, 1.82) is 0 Å². The number of H-pyrrole nitrogens is 1. The number of fused-ring (bicyclic) bond motifs is 1. The van der Waals surface area contributed by atoms with E-state index < -0.39 is 0 Å². The van der Waals surface area contributed by atoms with Gasteiger partial charge in [0.15, 0.2) is 0 Å². The number of rotatable bonds is 3. The van der Waals surface area contributed by atoms with Gasteiger partial charge in [-0.05, 0) is 44.6 Å². The Morgan fingerprint density at radius 2 is 2.14 bits per heavy atom. The molecule has 0 bridgehead atoms. The van der Waals surface area contributed by atoms with Gasteiger partial charge in [-0.15, -0.1) is 0 Å². The van der Waals surface area contributed by atoms with Gasteiger partial charge < -0.3 is 16.3 Å². The fourth-order valence-electron chi connectivity index (χ4n) is 3.32. The molecule has 1 atom stereocenters. The molecule has 0 aliphatic heterocycles. The Hall–Kier alpha value is -2.08. The molecular weight excluding hydrogens is 280 g/mol. The van der Waals surface area contributed by atoms with E-state index in [1.54, 1.807) is 18.3 Å². The van der Waals surface area contributed by atoms with Crippen molar-refractivity contribution < 1.29 is 9.52 Å². The molecule has 3 rings (SSSR count). The second-order valence-electron chi connectivity index (χ2n) is 6.26. The number of carbonyl (C=O) groups excluding carboxylic acids is 1. The number of hydrogen-bond donors (Lipinski definition) is 3. The molecule has 0 radical (unpaired) electrons. The van der Waals surface area contributed by atoms with Crippen LogP contribution < -0.4 is 15.8 Å². The maximum absolute atomic E-state index is 12.5. The maximum Gasteiger partial charge on any atom is 0.291 e. The van der Waals surface area contributed by atoms with Crippen LogP contribution in [0.5, 0.6) is 0 Å². The molecule has 2 heterocycles. The average Bonchev–Trinajstić information content (AvgIpc) is 3.01. The summed E-state index contributed by atoms with van der Waals surface area (Å²) in [5.74, 6) is 0.592. The van der Waals surface area contributed by atoms with Crippen molar-refractivity contribution >= 4 is 22.6 Å². The Bertz CT molecular complexity index is 672. The highest BCUT2D eigenvalue weighted by Crippen LogP contribution is 2.31. The second kappa shape index (κ2) is 5.96. The van der Waals surface area contributed by atoms with Gasteiger partial charge in [-0.25, -0.2) is 9.71 Å². The molecule has 1 aliphatic carbocycles. The second-order valence-corrected chi connectivity index (χ2v) is 6.26. The lowest BCUT2D eigenvalue weighted by atomic mass is 9.79. The zero-order valence-electron chi connectivity index (χ0n) is 12.7. The van der Waals surface area contributed by atoms with Crippen molar-refractivity contribution in [2.75, 3.05) is 5.32 Å². The van der Waals surface area contributed by atoms with Crippen LogP contribution in [0, 0.1) is 17.0 Å². The lowest BCUT2D eigenvalue weighted by molar-refractivity contribution is -0.578. The number of anilines is 1. The molecule has 118 valence electrons. The Labute approximate surface area is 129 Å². The molecule has 0 saturated heterocycles. The average molecular weight is 302 g/mol. The number of amides is 1. The van der Waals surface area contributed by atoms with Crippen molar-refractivity contribution in [3.63, 3.8) is 0 Å². The van der Waals surface area contributed by atoms with E-state index in [-0.39, 0.29) is 17.9 Å². The Morgan fingerprint density at radius 1 is 1.41 bits per heavy atom. The fraction of sp³-hybridized carbons (Fsp3) is 0.500. The van der Waals surface area contributed by atoms with Crippen LogP contribution in [0.2, 0.25) is 0 Å². The van der Waals surface area contributed by atoms with E-state index in [4.69, 9.17) is 5.73 Å². The fourth-order valence-corrected chi connectivity index (χ4v) is 3.32. The van der Waals surface area contributed by atoms with Crippen LogP contribution in [0.3, 0.4) is 0 Å². The molecule has 4 N–H and O–H groups in total. The van der Waals surface area contributed by atoms with Gasteiger partial charge in [0.1, 0.15) is 0 Å². The quantitative estimate of drug-likeness (QED) is 0.596. The van der Waals surface area contributed by atoms with Gasteiger partial charge in [-0.1, -0.05) is 0 Å². The Kier molecular flexibility index (Phi) is 4.02. The van der Waals surface area contributed by atoms with Gasteiger partial charge in [0.2, 0.25) is 5.91 Å². The number of aromatic amines is 1. The van der Waals surface area contributed by atoms with Crippen LogP contribution in [-0.2, 0) is 4.79 Å². The first-order valence-electron chi connectivity index (χ1n) is 7.82. The van der Waals surface area contributed by atoms with Gasteiger partial charge >= 0.3 is 0 Å². The summed E-state index contributed by atoms with van der Waals surface area (Å²) in [5.41, 5.74) is 7.08. The van der Waals surface area contributed by atoms with Gasteiger partial charge in [0.25, 0.3) is 5.65 Å². The molecule has 1 saturated carbocycles. The first-order valence-corrected chi connectivity index (χ1v) is 7.82. The highest BCUT2D eigenvalue weighted by Gasteiger charge is 2.28. The lowest BCUT2D eigenvalue weighted by Gasteiger charge is -2.30. The highest BCUT2D eigenvalue weighted by atomic mass is 16.5. The van der Waals surface area contributed by atoms with E-state index in [0.29, 0.717) is 17.3 Å². The molecule has 1 aliphatic rings. The minimum absolute atomic E-state index is 0.0311. The number of nitrogens with two attached hydrogens (primary N) is 1. The third kappa shape index (κ3) is 2.78. The number of pyridine rings is 1. The summed E-state index contributed by atoms with van der Waals surface area (Å²) in [5, 5.41) is 15.3. The molecular formula is C16H22N4O2. The topological polar surface area (TPSA) is 97.8 Å². The van der Waals surface area contributed by atoms with Gasteiger partial charge in [-0.3, -0.25) is 4.79 Å². The smallest absolute Gasteiger partial charge is 0.291 e. The zero-order valence-corrected chi connectivity index (χ0v) is 12.7. The normalized spacial score (nSPS) is 23.4. The predicted molar refractivity (Wildman–Crippen MR) is 85.0 cm³/mol. The van der Waals surface area contributed by atoms with E-state index in [9.17, 15) is 10.0 Å². The minimum atomic E-state index is 0.0311. The van der Waals surface area contributed by atoms with Crippen molar-refractivity contribution in [2.45, 2.75) is 38.6 Å². The largest absolute Gasteiger partial charge is 0.711 e. The van der Waals surface area contributed by atoms with Crippen LogP contribution in [0.15, 0.2) is 24.5 Å². The molecule has 6 nitrogen and oxygen atoms in total. The minimum Gasteiger partial charge on any atom is -0.711 e. The summed E-state index contributed by atoms with van der Waals surface area (Å²) in [6, 6.07) is 3.64. The van der Waals surface area contributed by atoms with Crippen molar-refractivity contribution in [3.8, 4) is 0 Å². The van der Waals surface area contributed by atoms with E-state index in [0.717, 1.165) is 35.8 Å². The maximum atomic E-state index is 12.5. The van der Waals surface area contributed by atoms with Crippen molar-refractivity contribution in [2.24, 2.45) is 17.6 Å². The monoisotopic (exact) mass is 302 g/mol. The van der Waals surface area contributed by atoms with Crippen molar-refractivity contribution in [3.05, 3.63) is 29.7 Å². The number of hydrogen-bond acceptors (Lipinski definition) is 3. The summed E-state index contributed by atoms with van der Waals surface area (Å²) in [7, 11) is 0. The highest BCUT2D eigenvalue weighted by molar-refractivity contribution is 6.00. The van der Waals surface area contributed by atoms with Crippen LogP contribution >= 0.6 is 0 Å². The molecule has 0 unspecified atom stereocenters.